The summed E-state index contributed by atoms with van der Waals surface area (Å²) in [5, 5.41) is 4.62. The first-order valence-electron chi connectivity index (χ1n) is 6.16. The smallest absolute Gasteiger partial charge is 0.190 e. The van der Waals surface area contributed by atoms with E-state index in [-0.39, 0.29) is 11.9 Å². The Bertz CT molecular complexity index is 555. The number of nitrogens with two attached hydrogens (primary N) is 1. The number of rotatable bonds is 5. The van der Waals surface area contributed by atoms with Crippen LogP contribution in [0.5, 0.6) is 0 Å². The van der Waals surface area contributed by atoms with Crippen molar-refractivity contribution in [3.05, 3.63) is 35.9 Å². The lowest BCUT2D eigenvalue weighted by Crippen LogP contribution is -2.21. The van der Waals surface area contributed by atoms with Crippen molar-refractivity contribution in [3.8, 4) is 0 Å². The average Bonchev–Trinajstić information content (AvgIpc) is 2.78. The zero-order chi connectivity index (χ0) is 13.8. The molecular formula is C13H17FN4S. The minimum Gasteiger partial charge on any atom is -0.327 e. The predicted molar refractivity (Wildman–Crippen MR) is 73.5 cm³/mol. The zero-order valence-electron chi connectivity index (χ0n) is 11.0. The molecule has 0 fully saturated rings. The van der Waals surface area contributed by atoms with Crippen molar-refractivity contribution in [1.82, 2.24) is 14.8 Å². The van der Waals surface area contributed by atoms with Crippen LogP contribution >= 0.6 is 11.8 Å². The molecule has 6 heteroatoms. The molecule has 2 rings (SSSR count). The van der Waals surface area contributed by atoms with Crippen molar-refractivity contribution in [2.24, 2.45) is 12.8 Å². The molecule has 4 nitrogen and oxygen atoms in total. The van der Waals surface area contributed by atoms with Crippen molar-refractivity contribution < 1.29 is 4.39 Å². The lowest BCUT2D eigenvalue weighted by Gasteiger charge is -2.10. The van der Waals surface area contributed by atoms with E-state index >= 15 is 0 Å². The Morgan fingerprint density at radius 2 is 2.26 bits per heavy atom. The molecule has 0 radical (unpaired) electrons. The van der Waals surface area contributed by atoms with Crippen LogP contribution in [0.15, 0.2) is 34.6 Å². The fraction of sp³-hybridized carbons (Fsp3) is 0.385. The van der Waals surface area contributed by atoms with Crippen LogP contribution < -0.4 is 5.73 Å². The van der Waals surface area contributed by atoms with Gasteiger partial charge in [-0.15, -0.1) is 0 Å². The molecule has 0 saturated heterocycles. The molecule has 0 spiro atoms. The Kier molecular flexibility index (Phi) is 4.55. The summed E-state index contributed by atoms with van der Waals surface area (Å²) in [5.41, 5.74) is 6.80. The molecule has 0 saturated carbocycles. The van der Waals surface area contributed by atoms with Crippen LogP contribution in [0, 0.1) is 5.82 Å². The number of aromatic nitrogens is 3. The first kappa shape index (κ1) is 14.0. The summed E-state index contributed by atoms with van der Waals surface area (Å²) >= 11 is 1.26. The summed E-state index contributed by atoms with van der Waals surface area (Å²) in [6, 6.07) is 5.31. The standard InChI is InChI=1S/C13H17FN4S/c1-3-10(15)6-9-4-5-12(11(14)7-9)19-13-16-8-17-18(13)2/h4-5,7-8,10H,3,6,15H2,1-2H3. The molecule has 102 valence electrons. The monoisotopic (exact) mass is 280 g/mol. The van der Waals surface area contributed by atoms with Crippen molar-refractivity contribution >= 4 is 11.8 Å². The third-order valence-electron chi connectivity index (χ3n) is 2.89. The van der Waals surface area contributed by atoms with Gasteiger partial charge >= 0.3 is 0 Å². The fourth-order valence-corrected chi connectivity index (χ4v) is 2.45. The van der Waals surface area contributed by atoms with E-state index in [0.29, 0.717) is 16.5 Å². The van der Waals surface area contributed by atoms with Gasteiger partial charge in [-0.05, 0) is 42.3 Å². The van der Waals surface area contributed by atoms with Gasteiger partial charge in [0.05, 0.1) is 4.90 Å². The Labute approximate surface area is 116 Å². The molecule has 0 aliphatic carbocycles. The molecule has 1 aromatic carbocycles. The topological polar surface area (TPSA) is 56.7 Å². The van der Waals surface area contributed by atoms with Crippen molar-refractivity contribution in [1.29, 1.82) is 0 Å². The van der Waals surface area contributed by atoms with Gasteiger partial charge in [0.25, 0.3) is 0 Å². The highest BCUT2D eigenvalue weighted by molar-refractivity contribution is 7.99. The van der Waals surface area contributed by atoms with Gasteiger partial charge in [-0.1, -0.05) is 13.0 Å². The summed E-state index contributed by atoms with van der Waals surface area (Å²) in [6.45, 7) is 2.03. The molecule has 1 atom stereocenters. The average molecular weight is 280 g/mol. The molecule has 19 heavy (non-hydrogen) atoms. The van der Waals surface area contributed by atoms with Crippen molar-refractivity contribution in [2.45, 2.75) is 35.9 Å². The Hall–Kier alpha value is -1.40. The highest BCUT2D eigenvalue weighted by atomic mass is 32.2. The lowest BCUT2D eigenvalue weighted by molar-refractivity contribution is 0.592. The van der Waals surface area contributed by atoms with E-state index in [1.54, 1.807) is 23.9 Å². The molecule has 1 heterocycles. The zero-order valence-corrected chi connectivity index (χ0v) is 11.8. The molecule has 0 amide bonds. The van der Waals surface area contributed by atoms with E-state index < -0.39 is 0 Å². The molecule has 0 aliphatic heterocycles. The van der Waals surface area contributed by atoms with Crippen molar-refractivity contribution in [2.75, 3.05) is 0 Å². The highest BCUT2D eigenvalue weighted by Gasteiger charge is 2.10. The van der Waals surface area contributed by atoms with Crippen LogP contribution in [0.4, 0.5) is 4.39 Å². The van der Waals surface area contributed by atoms with Gasteiger partial charge in [-0.2, -0.15) is 5.10 Å². The number of aryl methyl sites for hydroxylation is 1. The van der Waals surface area contributed by atoms with Gasteiger partial charge in [0.2, 0.25) is 0 Å². The number of hydrogen-bond donors (Lipinski definition) is 1. The molecule has 1 aromatic heterocycles. The minimum atomic E-state index is -0.242. The van der Waals surface area contributed by atoms with Crippen LogP contribution in [0.3, 0.4) is 0 Å². The van der Waals surface area contributed by atoms with E-state index in [9.17, 15) is 4.39 Å². The normalized spacial score (nSPS) is 12.6. The largest absolute Gasteiger partial charge is 0.327 e. The second-order valence-electron chi connectivity index (χ2n) is 4.41. The van der Waals surface area contributed by atoms with Gasteiger partial charge in [-0.3, -0.25) is 0 Å². The van der Waals surface area contributed by atoms with E-state index in [2.05, 4.69) is 10.1 Å². The maximum Gasteiger partial charge on any atom is 0.190 e. The van der Waals surface area contributed by atoms with Gasteiger partial charge < -0.3 is 5.73 Å². The van der Waals surface area contributed by atoms with Gasteiger partial charge in [0.15, 0.2) is 5.16 Å². The molecule has 0 bridgehead atoms. The third kappa shape index (κ3) is 3.54. The summed E-state index contributed by atoms with van der Waals surface area (Å²) in [6.07, 6.45) is 3.04. The molecule has 2 aromatic rings. The predicted octanol–water partition coefficient (Wildman–Crippen LogP) is 2.39. The molecule has 0 aliphatic rings. The SMILES string of the molecule is CCC(N)Cc1ccc(Sc2ncnn2C)c(F)c1. The summed E-state index contributed by atoms with van der Waals surface area (Å²) in [4.78, 5) is 4.61. The lowest BCUT2D eigenvalue weighted by atomic mass is 10.0. The number of halogens is 1. The molecule has 2 N–H and O–H groups in total. The second-order valence-corrected chi connectivity index (χ2v) is 5.41. The first-order valence-corrected chi connectivity index (χ1v) is 6.97. The van der Waals surface area contributed by atoms with Crippen LogP contribution in [-0.2, 0) is 13.5 Å². The van der Waals surface area contributed by atoms with E-state index in [4.69, 9.17) is 5.73 Å². The quantitative estimate of drug-likeness (QED) is 0.913. The number of nitrogens with zero attached hydrogens (tertiary/aromatic N) is 3. The highest BCUT2D eigenvalue weighted by Crippen LogP contribution is 2.28. The summed E-state index contributed by atoms with van der Waals surface area (Å²) < 4.78 is 15.6. The van der Waals surface area contributed by atoms with E-state index in [0.717, 1.165) is 12.0 Å². The van der Waals surface area contributed by atoms with Crippen LogP contribution in [0.1, 0.15) is 18.9 Å². The van der Waals surface area contributed by atoms with E-state index in [1.165, 1.54) is 18.1 Å². The Morgan fingerprint density at radius 3 is 2.84 bits per heavy atom. The number of benzene rings is 1. The van der Waals surface area contributed by atoms with Crippen LogP contribution in [0.2, 0.25) is 0 Å². The van der Waals surface area contributed by atoms with E-state index in [1.807, 2.05) is 13.0 Å². The molecule has 1 unspecified atom stereocenters. The molecular weight excluding hydrogens is 263 g/mol. The second kappa shape index (κ2) is 6.16. The first-order chi connectivity index (χ1) is 9.10. The van der Waals surface area contributed by atoms with Gasteiger partial charge in [0, 0.05) is 13.1 Å². The minimum absolute atomic E-state index is 0.0802. The van der Waals surface area contributed by atoms with Gasteiger partial charge in [-0.25, -0.2) is 14.1 Å². The van der Waals surface area contributed by atoms with Crippen LogP contribution in [-0.4, -0.2) is 20.8 Å². The third-order valence-corrected chi connectivity index (χ3v) is 3.99. The Morgan fingerprint density at radius 1 is 1.47 bits per heavy atom. The van der Waals surface area contributed by atoms with Crippen molar-refractivity contribution in [3.63, 3.8) is 0 Å². The summed E-state index contributed by atoms with van der Waals surface area (Å²) in [5.74, 6) is -0.242. The fourth-order valence-electron chi connectivity index (χ4n) is 1.68. The Balaban J connectivity index is 2.13. The number of hydrogen-bond acceptors (Lipinski definition) is 4. The summed E-state index contributed by atoms with van der Waals surface area (Å²) in [7, 11) is 1.78. The maximum absolute atomic E-state index is 14.0. The maximum atomic E-state index is 14.0. The van der Waals surface area contributed by atoms with Gasteiger partial charge in [0.1, 0.15) is 12.1 Å². The van der Waals surface area contributed by atoms with Crippen LogP contribution in [0.25, 0.3) is 0 Å².